The van der Waals surface area contributed by atoms with Gasteiger partial charge in [-0.05, 0) is 38.2 Å². The molecule has 0 aliphatic rings. The number of hydrogen-bond acceptors (Lipinski definition) is 5. The van der Waals surface area contributed by atoms with Gasteiger partial charge in [-0.25, -0.2) is 4.98 Å². The molecule has 0 saturated heterocycles. The van der Waals surface area contributed by atoms with Crippen LogP contribution in [0.5, 0.6) is 0 Å². The molecule has 1 rings (SSSR count). The predicted molar refractivity (Wildman–Crippen MR) is 74.7 cm³/mol. The molecule has 0 saturated carbocycles. The minimum absolute atomic E-state index is 0.390. The summed E-state index contributed by atoms with van der Waals surface area (Å²) in [5, 5.41) is 11.7. The molecule has 1 aromatic heterocycles. The van der Waals surface area contributed by atoms with Gasteiger partial charge in [-0.3, -0.25) is 0 Å². The van der Waals surface area contributed by atoms with Crippen LogP contribution in [0.1, 0.15) is 38.6 Å². The second-order valence-corrected chi connectivity index (χ2v) is 5.05. The van der Waals surface area contributed by atoms with Gasteiger partial charge in [-0.15, -0.1) is 5.10 Å². The molecule has 0 aliphatic carbocycles. The molecule has 1 aromatic rings. The highest BCUT2D eigenvalue weighted by atomic mass is 32.2. The lowest BCUT2D eigenvalue weighted by molar-refractivity contribution is 0.739. The number of thioether (sulfide) groups is 1. The van der Waals surface area contributed by atoms with Gasteiger partial charge >= 0.3 is 0 Å². The maximum atomic E-state index is 4.52. The topological polar surface area (TPSA) is 50.7 Å². The lowest BCUT2D eigenvalue weighted by atomic mass is 10.2. The first-order chi connectivity index (χ1) is 8.21. The van der Waals surface area contributed by atoms with Crippen molar-refractivity contribution in [3.63, 3.8) is 0 Å². The average molecular weight is 254 g/mol. The van der Waals surface area contributed by atoms with Gasteiger partial charge in [0.05, 0.1) is 11.4 Å². The Labute approximate surface area is 108 Å². The van der Waals surface area contributed by atoms with E-state index in [0.29, 0.717) is 12.0 Å². The first kappa shape index (κ1) is 14.2. The number of nitrogens with one attached hydrogen (secondary N) is 1. The Morgan fingerprint density at radius 1 is 1.18 bits per heavy atom. The summed E-state index contributed by atoms with van der Waals surface area (Å²) in [5.74, 6) is 1.81. The van der Waals surface area contributed by atoms with Crippen molar-refractivity contribution < 1.29 is 0 Å². The molecule has 0 aromatic carbocycles. The molecule has 96 valence electrons. The van der Waals surface area contributed by atoms with Crippen LogP contribution in [0.2, 0.25) is 0 Å². The van der Waals surface area contributed by atoms with E-state index in [-0.39, 0.29) is 0 Å². The van der Waals surface area contributed by atoms with Crippen LogP contribution in [0, 0.1) is 0 Å². The van der Waals surface area contributed by atoms with Crippen molar-refractivity contribution in [1.82, 2.24) is 15.2 Å². The zero-order chi connectivity index (χ0) is 12.7. The predicted octanol–water partition coefficient (Wildman–Crippen LogP) is 2.55. The molecule has 0 bridgehead atoms. The van der Waals surface area contributed by atoms with Gasteiger partial charge in [0.1, 0.15) is 0 Å². The van der Waals surface area contributed by atoms with Crippen LogP contribution in [-0.4, -0.2) is 33.2 Å². The molecule has 4 nitrogen and oxygen atoms in total. The highest BCUT2D eigenvalue weighted by Gasteiger charge is 2.08. The summed E-state index contributed by atoms with van der Waals surface area (Å²) >= 11 is 1.86. The maximum absolute atomic E-state index is 4.52. The van der Waals surface area contributed by atoms with E-state index < -0.39 is 0 Å². The number of aromatic nitrogens is 3. The second-order valence-electron chi connectivity index (χ2n) is 4.06. The van der Waals surface area contributed by atoms with E-state index in [0.717, 1.165) is 36.4 Å². The van der Waals surface area contributed by atoms with E-state index in [1.54, 1.807) is 0 Å². The van der Waals surface area contributed by atoms with E-state index in [1.807, 2.05) is 11.8 Å². The SMILES string of the molecule is CCc1nnc(NC(C)CCSC)nc1CC. The van der Waals surface area contributed by atoms with Crippen molar-refractivity contribution >= 4 is 17.7 Å². The molecular weight excluding hydrogens is 232 g/mol. The molecule has 0 radical (unpaired) electrons. The first-order valence-electron chi connectivity index (χ1n) is 6.19. The number of anilines is 1. The van der Waals surface area contributed by atoms with Gasteiger partial charge in [-0.1, -0.05) is 13.8 Å². The molecular formula is C12H22N4S. The van der Waals surface area contributed by atoms with Crippen LogP contribution in [0.4, 0.5) is 5.95 Å². The summed E-state index contributed by atoms with van der Waals surface area (Å²) in [5.41, 5.74) is 2.07. The Balaban J connectivity index is 2.65. The Morgan fingerprint density at radius 2 is 1.88 bits per heavy atom. The molecule has 5 heteroatoms. The molecule has 17 heavy (non-hydrogen) atoms. The van der Waals surface area contributed by atoms with Crippen molar-refractivity contribution in [3.8, 4) is 0 Å². The minimum Gasteiger partial charge on any atom is -0.350 e. The van der Waals surface area contributed by atoms with E-state index in [4.69, 9.17) is 0 Å². The van der Waals surface area contributed by atoms with E-state index in [9.17, 15) is 0 Å². The fraction of sp³-hybridized carbons (Fsp3) is 0.750. The van der Waals surface area contributed by atoms with Gasteiger partial charge in [-0.2, -0.15) is 16.9 Å². The third-order valence-corrected chi connectivity index (χ3v) is 3.28. The number of rotatable bonds is 7. The number of hydrogen-bond donors (Lipinski definition) is 1. The summed E-state index contributed by atoms with van der Waals surface area (Å²) in [6, 6.07) is 0.390. The smallest absolute Gasteiger partial charge is 0.243 e. The molecule has 0 spiro atoms. The molecule has 1 heterocycles. The summed E-state index contributed by atoms with van der Waals surface area (Å²) in [6.07, 6.45) is 5.04. The molecule has 0 amide bonds. The van der Waals surface area contributed by atoms with Crippen molar-refractivity contribution in [2.75, 3.05) is 17.3 Å². The van der Waals surface area contributed by atoms with Crippen LogP contribution in [0.15, 0.2) is 0 Å². The van der Waals surface area contributed by atoms with E-state index in [1.165, 1.54) is 0 Å². The summed E-state index contributed by atoms with van der Waals surface area (Å²) < 4.78 is 0. The Morgan fingerprint density at radius 3 is 2.47 bits per heavy atom. The van der Waals surface area contributed by atoms with Crippen molar-refractivity contribution in [2.24, 2.45) is 0 Å². The summed E-state index contributed by atoms with van der Waals surface area (Å²) in [7, 11) is 0. The van der Waals surface area contributed by atoms with Gasteiger partial charge in [0.25, 0.3) is 0 Å². The highest BCUT2D eigenvalue weighted by molar-refractivity contribution is 7.98. The monoisotopic (exact) mass is 254 g/mol. The van der Waals surface area contributed by atoms with Crippen LogP contribution >= 0.6 is 11.8 Å². The molecule has 1 N–H and O–H groups in total. The summed E-state index contributed by atoms with van der Waals surface area (Å²) in [4.78, 5) is 4.52. The normalized spacial score (nSPS) is 12.5. The number of aryl methyl sites for hydroxylation is 2. The van der Waals surface area contributed by atoms with Crippen molar-refractivity contribution in [2.45, 2.75) is 46.1 Å². The minimum atomic E-state index is 0.390. The lowest BCUT2D eigenvalue weighted by Crippen LogP contribution is -2.19. The van der Waals surface area contributed by atoms with Gasteiger partial charge in [0, 0.05) is 6.04 Å². The Bertz CT molecular complexity index is 343. The lowest BCUT2D eigenvalue weighted by Gasteiger charge is -2.13. The molecule has 1 unspecified atom stereocenters. The molecule has 0 fully saturated rings. The highest BCUT2D eigenvalue weighted by Crippen LogP contribution is 2.09. The zero-order valence-electron chi connectivity index (χ0n) is 11.2. The third-order valence-electron chi connectivity index (χ3n) is 2.64. The maximum Gasteiger partial charge on any atom is 0.243 e. The standard InChI is InChI=1S/C12H22N4S/c1-5-10-11(6-2)15-16-12(14-10)13-9(3)7-8-17-4/h9H,5-8H2,1-4H3,(H,13,14,16). The average Bonchev–Trinajstić information content (AvgIpc) is 2.36. The van der Waals surface area contributed by atoms with E-state index in [2.05, 4.69) is 47.5 Å². The third kappa shape index (κ3) is 4.50. The Hall–Kier alpha value is -0.840. The van der Waals surface area contributed by atoms with Crippen LogP contribution in [0.25, 0.3) is 0 Å². The van der Waals surface area contributed by atoms with Gasteiger partial charge in [0.2, 0.25) is 5.95 Å². The first-order valence-corrected chi connectivity index (χ1v) is 7.58. The fourth-order valence-electron chi connectivity index (χ4n) is 1.59. The fourth-order valence-corrected chi connectivity index (χ4v) is 2.18. The largest absolute Gasteiger partial charge is 0.350 e. The Kier molecular flexibility index (Phi) is 6.26. The quantitative estimate of drug-likeness (QED) is 0.810. The van der Waals surface area contributed by atoms with Crippen LogP contribution in [0.3, 0.4) is 0 Å². The second kappa shape index (κ2) is 7.48. The van der Waals surface area contributed by atoms with Crippen molar-refractivity contribution in [1.29, 1.82) is 0 Å². The molecule has 0 aliphatic heterocycles. The zero-order valence-corrected chi connectivity index (χ0v) is 12.0. The van der Waals surface area contributed by atoms with Crippen molar-refractivity contribution in [3.05, 3.63) is 11.4 Å². The van der Waals surface area contributed by atoms with Gasteiger partial charge in [0.15, 0.2) is 0 Å². The van der Waals surface area contributed by atoms with Gasteiger partial charge < -0.3 is 5.32 Å². The molecule has 1 atom stereocenters. The van der Waals surface area contributed by atoms with Crippen LogP contribution in [-0.2, 0) is 12.8 Å². The van der Waals surface area contributed by atoms with E-state index >= 15 is 0 Å². The number of nitrogens with zero attached hydrogens (tertiary/aromatic N) is 3. The summed E-state index contributed by atoms with van der Waals surface area (Å²) in [6.45, 7) is 6.34. The van der Waals surface area contributed by atoms with Crippen LogP contribution < -0.4 is 5.32 Å².